The molecule has 0 aromatic carbocycles. The lowest BCUT2D eigenvalue weighted by Crippen LogP contribution is -2.40. The van der Waals surface area contributed by atoms with Crippen LogP contribution in [-0.4, -0.2) is 39.6 Å². The predicted octanol–water partition coefficient (Wildman–Crippen LogP) is 2.39. The Morgan fingerprint density at radius 3 is 2.56 bits per heavy atom. The summed E-state index contributed by atoms with van der Waals surface area (Å²) in [7, 11) is 0. The maximum absolute atomic E-state index is 12.5. The van der Waals surface area contributed by atoms with Gasteiger partial charge in [0.05, 0.1) is 6.61 Å². The second-order valence-electron chi connectivity index (χ2n) is 5.89. The van der Waals surface area contributed by atoms with E-state index >= 15 is 0 Å². The Bertz CT molecular complexity index is 688. The molecule has 1 aliphatic carbocycles. The Balaban J connectivity index is 1.51. The number of nitrogens with zero attached hydrogens (tertiary/aromatic N) is 3. The van der Waals surface area contributed by atoms with Gasteiger partial charge in [0.15, 0.2) is 0 Å². The molecule has 0 atom stereocenters. The van der Waals surface area contributed by atoms with Crippen molar-refractivity contribution < 1.29 is 14.3 Å². The Morgan fingerprint density at radius 2 is 1.84 bits per heavy atom. The van der Waals surface area contributed by atoms with Gasteiger partial charge in [-0.2, -0.15) is 0 Å². The SMILES string of the molecule is CCOc1ncccc1C(=O)NC1CCC(Oc2ncccn2)CC1. The fourth-order valence-electron chi connectivity index (χ4n) is 2.90. The smallest absolute Gasteiger partial charge is 0.316 e. The summed E-state index contributed by atoms with van der Waals surface area (Å²) in [5, 5.41) is 3.07. The molecular formula is C18H22N4O3. The van der Waals surface area contributed by atoms with Crippen LogP contribution in [0, 0.1) is 0 Å². The molecule has 0 aliphatic heterocycles. The average Bonchev–Trinajstić information content (AvgIpc) is 2.65. The second kappa shape index (κ2) is 8.41. The van der Waals surface area contributed by atoms with Gasteiger partial charge >= 0.3 is 6.01 Å². The van der Waals surface area contributed by atoms with E-state index in [1.165, 1.54) is 0 Å². The van der Waals surface area contributed by atoms with Gasteiger partial charge in [-0.3, -0.25) is 4.79 Å². The van der Waals surface area contributed by atoms with Crippen molar-refractivity contribution in [2.45, 2.75) is 44.8 Å². The number of rotatable bonds is 6. The molecule has 25 heavy (non-hydrogen) atoms. The lowest BCUT2D eigenvalue weighted by Gasteiger charge is -2.28. The average molecular weight is 342 g/mol. The topological polar surface area (TPSA) is 86.2 Å². The standard InChI is InChI=1S/C18H22N4O3/c1-2-24-17-15(5-3-10-19-17)16(23)22-13-6-8-14(9-7-13)25-18-20-11-4-12-21-18/h3-5,10-14H,2,6-9H2,1H3,(H,22,23). The number of ether oxygens (including phenoxy) is 2. The third-order valence-corrected chi connectivity index (χ3v) is 4.12. The highest BCUT2D eigenvalue weighted by Gasteiger charge is 2.25. The third kappa shape index (κ3) is 4.65. The monoisotopic (exact) mass is 342 g/mol. The molecular weight excluding hydrogens is 320 g/mol. The summed E-state index contributed by atoms with van der Waals surface area (Å²) in [4.78, 5) is 24.8. The number of pyridine rings is 1. The molecule has 0 unspecified atom stereocenters. The second-order valence-corrected chi connectivity index (χ2v) is 5.89. The highest BCUT2D eigenvalue weighted by molar-refractivity contribution is 5.96. The van der Waals surface area contributed by atoms with Crippen LogP contribution in [0.15, 0.2) is 36.8 Å². The first-order chi connectivity index (χ1) is 12.3. The highest BCUT2D eigenvalue weighted by atomic mass is 16.5. The molecule has 132 valence electrons. The van der Waals surface area contributed by atoms with Gasteiger partial charge in [-0.05, 0) is 50.8 Å². The zero-order valence-corrected chi connectivity index (χ0v) is 14.2. The predicted molar refractivity (Wildman–Crippen MR) is 91.6 cm³/mol. The first-order valence-corrected chi connectivity index (χ1v) is 8.58. The lowest BCUT2D eigenvalue weighted by atomic mass is 9.93. The summed E-state index contributed by atoms with van der Waals surface area (Å²) >= 11 is 0. The van der Waals surface area contributed by atoms with E-state index in [1.807, 2.05) is 6.92 Å². The van der Waals surface area contributed by atoms with Crippen molar-refractivity contribution in [3.63, 3.8) is 0 Å². The van der Waals surface area contributed by atoms with E-state index in [0.29, 0.717) is 24.1 Å². The summed E-state index contributed by atoms with van der Waals surface area (Å²) in [6.45, 7) is 2.34. The maximum Gasteiger partial charge on any atom is 0.316 e. The summed E-state index contributed by atoms with van der Waals surface area (Å²) in [6, 6.07) is 5.76. The molecule has 7 nitrogen and oxygen atoms in total. The first kappa shape index (κ1) is 17.1. The summed E-state index contributed by atoms with van der Waals surface area (Å²) in [6.07, 6.45) is 8.46. The molecule has 0 radical (unpaired) electrons. The number of aromatic nitrogens is 3. The fraction of sp³-hybridized carbons (Fsp3) is 0.444. The molecule has 3 rings (SSSR count). The first-order valence-electron chi connectivity index (χ1n) is 8.58. The lowest BCUT2D eigenvalue weighted by molar-refractivity contribution is 0.0880. The zero-order valence-electron chi connectivity index (χ0n) is 14.2. The van der Waals surface area contributed by atoms with Crippen LogP contribution in [-0.2, 0) is 0 Å². The van der Waals surface area contributed by atoms with Crippen LogP contribution >= 0.6 is 0 Å². The van der Waals surface area contributed by atoms with E-state index in [-0.39, 0.29) is 18.1 Å². The molecule has 1 N–H and O–H groups in total. The minimum Gasteiger partial charge on any atom is -0.477 e. The maximum atomic E-state index is 12.5. The quantitative estimate of drug-likeness (QED) is 0.867. The van der Waals surface area contributed by atoms with Crippen molar-refractivity contribution in [2.75, 3.05) is 6.61 Å². The van der Waals surface area contributed by atoms with Gasteiger partial charge in [0, 0.05) is 24.6 Å². The number of carbonyl (C=O) groups is 1. The molecule has 1 fully saturated rings. The van der Waals surface area contributed by atoms with Crippen LogP contribution < -0.4 is 14.8 Å². The van der Waals surface area contributed by atoms with Crippen LogP contribution in [0.3, 0.4) is 0 Å². The van der Waals surface area contributed by atoms with Crippen LogP contribution in [0.4, 0.5) is 0 Å². The number of nitrogens with one attached hydrogen (secondary N) is 1. The van der Waals surface area contributed by atoms with E-state index in [4.69, 9.17) is 9.47 Å². The molecule has 2 heterocycles. The molecule has 7 heteroatoms. The van der Waals surface area contributed by atoms with Crippen LogP contribution in [0.2, 0.25) is 0 Å². The van der Waals surface area contributed by atoms with Gasteiger partial charge in [0.2, 0.25) is 5.88 Å². The van der Waals surface area contributed by atoms with Crippen LogP contribution in [0.1, 0.15) is 43.0 Å². The molecule has 1 saturated carbocycles. The molecule has 0 saturated heterocycles. The Labute approximate surface area is 146 Å². The highest BCUT2D eigenvalue weighted by Crippen LogP contribution is 2.23. The largest absolute Gasteiger partial charge is 0.477 e. The third-order valence-electron chi connectivity index (χ3n) is 4.12. The van der Waals surface area contributed by atoms with Crippen molar-refractivity contribution in [3.05, 3.63) is 42.4 Å². The molecule has 1 amide bonds. The number of carbonyl (C=O) groups excluding carboxylic acids is 1. The normalized spacial score (nSPS) is 19.9. The van der Waals surface area contributed by atoms with E-state index in [9.17, 15) is 4.79 Å². The molecule has 0 spiro atoms. The van der Waals surface area contributed by atoms with Crippen molar-refractivity contribution in [3.8, 4) is 11.9 Å². The van der Waals surface area contributed by atoms with E-state index in [1.54, 1.807) is 36.8 Å². The van der Waals surface area contributed by atoms with E-state index in [2.05, 4.69) is 20.3 Å². The van der Waals surface area contributed by atoms with Gasteiger partial charge in [-0.15, -0.1) is 0 Å². The summed E-state index contributed by atoms with van der Waals surface area (Å²) in [5.41, 5.74) is 0.473. The Hall–Kier alpha value is -2.70. The van der Waals surface area contributed by atoms with Gasteiger partial charge in [0.25, 0.3) is 5.91 Å². The van der Waals surface area contributed by atoms with E-state index in [0.717, 1.165) is 25.7 Å². The van der Waals surface area contributed by atoms with Gasteiger partial charge < -0.3 is 14.8 Å². The van der Waals surface area contributed by atoms with Gasteiger partial charge in [0.1, 0.15) is 11.7 Å². The minimum absolute atomic E-state index is 0.0907. The number of amides is 1. The molecule has 2 aromatic heterocycles. The number of hydrogen-bond donors (Lipinski definition) is 1. The van der Waals surface area contributed by atoms with Gasteiger partial charge in [-0.25, -0.2) is 15.0 Å². The molecule has 0 bridgehead atoms. The van der Waals surface area contributed by atoms with Crippen molar-refractivity contribution >= 4 is 5.91 Å². The minimum atomic E-state index is -0.146. The summed E-state index contributed by atoms with van der Waals surface area (Å²) in [5.74, 6) is 0.230. The van der Waals surface area contributed by atoms with Crippen molar-refractivity contribution in [2.24, 2.45) is 0 Å². The zero-order chi connectivity index (χ0) is 17.5. The fourth-order valence-corrected chi connectivity index (χ4v) is 2.90. The molecule has 2 aromatic rings. The number of hydrogen-bond acceptors (Lipinski definition) is 6. The molecule has 1 aliphatic rings. The Morgan fingerprint density at radius 1 is 1.12 bits per heavy atom. The van der Waals surface area contributed by atoms with Crippen LogP contribution in [0.5, 0.6) is 11.9 Å². The van der Waals surface area contributed by atoms with Crippen LogP contribution in [0.25, 0.3) is 0 Å². The van der Waals surface area contributed by atoms with Crippen molar-refractivity contribution in [1.29, 1.82) is 0 Å². The summed E-state index contributed by atoms with van der Waals surface area (Å²) < 4.78 is 11.2. The van der Waals surface area contributed by atoms with E-state index < -0.39 is 0 Å². The Kier molecular flexibility index (Phi) is 5.77. The van der Waals surface area contributed by atoms with Crippen molar-refractivity contribution in [1.82, 2.24) is 20.3 Å². The van der Waals surface area contributed by atoms with Gasteiger partial charge in [-0.1, -0.05) is 0 Å².